The van der Waals surface area contributed by atoms with Gasteiger partial charge in [-0.15, -0.1) is 0 Å². The predicted molar refractivity (Wildman–Crippen MR) is 105 cm³/mol. The quantitative estimate of drug-likeness (QED) is 0.834. The van der Waals surface area contributed by atoms with Gasteiger partial charge in [0, 0.05) is 56.3 Å². The maximum Gasteiger partial charge on any atom is 0.313 e. The van der Waals surface area contributed by atoms with Crippen molar-refractivity contribution in [2.45, 2.75) is 25.2 Å². The predicted octanol–water partition coefficient (Wildman–Crippen LogP) is 1.67. The molecule has 0 unspecified atom stereocenters. The van der Waals surface area contributed by atoms with Crippen molar-refractivity contribution in [2.24, 2.45) is 0 Å². The highest BCUT2D eigenvalue weighted by atomic mass is 16.5. The molecule has 0 aromatic carbocycles. The normalized spacial score (nSPS) is 18.1. The van der Waals surface area contributed by atoms with Gasteiger partial charge in [-0.1, -0.05) is 6.07 Å². The Bertz CT molecular complexity index is 846. The van der Waals surface area contributed by atoms with Crippen molar-refractivity contribution >= 4 is 17.7 Å². The number of ether oxygens (including phenoxy) is 1. The summed E-state index contributed by atoms with van der Waals surface area (Å²) in [6.45, 7) is 7.65. The highest BCUT2D eigenvalue weighted by Crippen LogP contribution is 2.35. The number of aromatic nitrogens is 3. The molecule has 0 saturated carbocycles. The van der Waals surface area contributed by atoms with E-state index in [0.29, 0.717) is 49.6 Å². The summed E-state index contributed by atoms with van der Waals surface area (Å²) in [4.78, 5) is 29.6. The number of carboxylic acids is 1. The van der Waals surface area contributed by atoms with Crippen LogP contribution in [0.1, 0.15) is 30.9 Å². The molecule has 148 valence electrons. The molecule has 0 aliphatic carbocycles. The van der Waals surface area contributed by atoms with Crippen LogP contribution < -0.4 is 9.80 Å². The van der Waals surface area contributed by atoms with E-state index in [9.17, 15) is 9.90 Å². The van der Waals surface area contributed by atoms with Crippen LogP contribution in [0.4, 0.5) is 11.8 Å². The first-order valence-corrected chi connectivity index (χ1v) is 9.55. The van der Waals surface area contributed by atoms with Gasteiger partial charge in [0.1, 0.15) is 5.82 Å². The van der Waals surface area contributed by atoms with E-state index in [1.54, 1.807) is 26.2 Å². The number of morpholine rings is 1. The number of carboxylic acid groups (broad SMARTS) is 1. The Labute approximate surface area is 164 Å². The molecule has 2 saturated heterocycles. The average molecular weight is 383 g/mol. The van der Waals surface area contributed by atoms with Gasteiger partial charge in [-0.25, -0.2) is 4.98 Å². The molecular weight excluding hydrogens is 358 g/mol. The lowest BCUT2D eigenvalue weighted by atomic mass is 9.85. The summed E-state index contributed by atoms with van der Waals surface area (Å²) in [7, 11) is 0. The second-order valence-corrected chi connectivity index (χ2v) is 7.83. The summed E-state index contributed by atoms with van der Waals surface area (Å²) in [5.74, 6) is 0.871. The molecule has 28 heavy (non-hydrogen) atoms. The van der Waals surface area contributed by atoms with Crippen LogP contribution in [0.5, 0.6) is 0 Å². The van der Waals surface area contributed by atoms with Gasteiger partial charge in [-0.3, -0.25) is 9.78 Å². The number of nitrogens with zero attached hydrogens (tertiary/aromatic N) is 5. The van der Waals surface area contributed by atoms with Crippen LogP contribution in [-0.2, 0) is 14.9 Å². The fourth-order valence-electron chi connectivity index (χ4n) is 3.56. The zero-order valence-electron chi connectivity index (χ0n) is 16.2. The van der Waals surface area contributed by atoms with Crippen LogP contribution in [0.15, 0.2) is 30.7 Å². The lowest BCUT2D eigenvalue weighted by molar-refractivity contribution is -0.142. The topological polar surface area (TPSA) is 91.7 Å². The molecule has 8 heteroatoms. The number of hydrogen-bond donors (Lipinski definition) is 1. The molecular formula is C20H25N5O3. The first-order chi connectivity index (χ1) is 13.5. The number of carbonyl (C=O) groups is 1. The Morgan fingerprint density at radius 2 is 1.96 bits per heavy atom. The van der Waals surface area contributed by atoms with Gasteiger partial charge in [0.05, 0.1) is 18.6 Å². The maximum atomic E-state index is 11.8. The summed E-state index contributed by atoms with van der Waals surface area (Å²) in [6.07, 6.45) is 5.36. The fourth-order valence-corrected chi connectivity index (χ4v) is 3.56. The van der Waals surface area contributed by atoms with E-state index in [1.807, 2.05) is 12.3 Å². The highest BCUT2D eigenvalue weighted by Gasteiger charge is 2.37. The van der Waals surface area contributed by atoms with E-state index in [1.165, 1.54) is 5.56 Å². The Balaban J connectivity index is 1.60. The second kappa shape index (κ2) is 7.35. The van der Waals surface area contributed by atoms with Crippen LogP contribution in [-0.4, -0.2) is 65.4 Å². The molecule has 0 spiro atoms. The minimum absolute atomic E-state index is 0.416. The number of pyridine rings is 1. The third kappa shape index (κ3) is 3.40. The summed E-state index contributed by atoms with van der Waals surface area (Å²) >= 11 is 0. The van der Waals surface area contributed by atoms with Gasteiger partial charge < -0.3 is 19.6 Å². The van der Waals surface area contributed by atoms with E-state index in [4.69, 9.17) is 9.72 Å². The third-order valence-corrected chi connectivity index (χ3v) is 5.59. The Morgan fingerprint density at radius 3 is 2.61 bits per heavy atom. The molecule has 4 heterocycles. The molecule has 1 N–H and O–H groups in total. The van der Waals surface area contributed by atoms with Gasteiger partial charge >= 0.3 is 5.97 Å². The van der Waals surface area contributed by atoms with E-state index in [-0.39, 0.29) is 0 Å². The lowest BCUT2D eigenvalue weighted by Gasteiger charge is -2.40. The molecule has 2 fully saturated rings. The molecule has 2 aromatic heterocycles. The molecule has 2 aliphatic rings. The monoisotopic (exact) mass is 383 g/mol. The van der Waals surface area contributed by atoms with E-state index in [0.717, 1.165) is 13.1 Å². The number of anilines is 2. The van der Waals surface area contributed by atoms with Gasteiger partial charge in [-0.05, 0) is 25.5 Å². The molecule has 4 rings (SSSR count). The Hall–Kier alpha value is -2.74. The van der Waals surface area contributed by atoms with Crippen molar-refractivity contribution in [3.05, 3.63) is 41.9 Å². The minimum Gasteiger partial charge on any atom is -0.481 e. The van der Waals surface area contributed by atoms with Crippen molar-refractivity contribution in [1.82, 2.24) is 15.0 Å². The van der Waals surface area contributed by atoms with Gasteiger partial charge in [0.25, 0.3) is 0 Å². The first-order valence-electron chi connectivity index (χ1n) is 9.55. The van der Waals surface area contributed by atoms with Crippen molar-refractivity contribution in [3.8, 4) is 0 Å². The summed E-state index contributed by atoms with van der Waals surface area (Å²) in [5, 5.41) is 9.70. The number of aliphatic carboxylic acids is 1. The summed E-state index contributed by atoms with van der Waals surface area (Å²) in [6, 6.07) is 4.04. The second-order valence-electron chi connectivity index (χ2n) is 7.83. The number of hydrogen-bond acceptors (Lipinski definition) is 7. The molecule has 8 nitrogen and oxygen atoms in total. The van der Waals surface area contributed by atoms with Crippen LogP contribution in [0, 0.1) is 0 Å². The first kappa shape index (κ1) is 18.6. The highest BCUT2D eigenvalue weighted by molar-refractivity contribution is 5.82. The largest absolute Gasteiger partial charge is 0.481 e. The molecule has 0 bridgehead atoms. The fraction of sp³-hybridized carbons (Fsp3) is 0.500. The van der Waals surface area contributed by atoms with E-state index >= 15 is 0 Å². The van der Waals surface area contributed by atoms with Crippen molar-refractivity contribution < 1.29 is 14.6 Å². The average Bonchev–Trinajstić information content (AvgIpc) is 2.68. The number of rotatable bonds is 5. The maximum absolute atomic E-state index is 11.8. The third-order valence-electron chi connectivity index (χ3n) is 5.59. The lowest BCUT2D eigenvalue weighted by Crippen LogP contribution is -2.46. The van der Waals surface area contributed by atoms with E-state index < -0.39 is 11.4 Å². The van der Waals surface area contributed by atoms with Gasteiger partial charge in [-0.2, -0.15) is 4.98 Å². The van der Waals surface area contributed by atoms with E-state index in [2.05, 4.69) is 25.8 Å². The molecule has 0 amide bonds. The Kier molecular flexibility index (Phi) is 4.89. The zero-order valence-corrected chi connectivity index (χ0v) is 16.2. The van der Waals surface area contributed by atoms with Crippen LogP contribution in [0.25, 0.3) is 0 Å². The molecule has 2 aromatic rings. The standard InChI is InChI=1S/C20H25N5O3/c1-20(2,18(26)27)16-11-22-19(23-17(16)24-6-8-28-9-7-24)25-12-15(13-25)14-4-3-5-21-10-14/h3-5,10-11,15H,6-9,12-13H2,1-2H3,(H,26,27). The van der Waals surface area contributed by atoms with Gasteiger partial charge in [0.2, 0.25) is 5.95 Å². The smallest absolute Gasteiger partial charge is 0.313 e. The van der Waals surface area contributed by atoms with Crippen molar-refractivity contribution in [1.29, 1.82) is 0 Å². The van der Waals surface area contributed by atoms with Crippen LogP contribution >= 0.6 is 0 Å². The zero-order chi connectivity index (χ0) is 19.7. The summed E-state index contributed by atoms with van der Waals surface area (Å²) in [5.41, 5.74) is 0.782. The van der Waals surface area contributed by atoms with Crippen molar-refractivity contribution in [2.75, 3.05) is 49.2 Å². The van der Waals surface area contributed by atoms with Gasteiger partial charge in [0.15, 0.2) is 0 Å². The van der Waals surface area contributed by atoms with Crippen LogP contribution in [0.3, 0.4) is 0 Å². The van der Waals surface area contributed by atoms with Crippen LogP contribution in [0.2, 0.25) is 0 Å². The van der Waals surface area contributed by atoms with Crippen molar-refractivity contribution in [3.63, 3.8) is 0 Å². The summed E-state index contributed by atoms with van der Waals surface area (Å²) < 4.78 is 5.45. The molecule has 0 atom stereocenters. The molecule has 2 aliphatic heterocycles. The molecule has 0 radical (unpaired) electrons. The minimum atomic E-state index is -1.07. The Morgan fingerprint density at radius 1 is 1.21 bits per heavy atom. The SMILES string of the molecule is CC(C)(C(=O)O)c1cnc(N2CC(c3cccnc3)C2)nc1N1CCOCC1.